The van der Waals surface area contributed by atoms with Crippen molar-refractivity contribution in [1.82, 2.24) is 25.4 Å². The van der Waals surface area contributed by atoms with Crippen LogP contribution in [0.25, 0.3) is 11.4 Å². The van der Waals surface area contributed by atoms with Crippen molar-refractivity contribution in [3.05, 3.63) is 36.2 Å². The zero-order chi connectivity index (χ0) is 13.9. The van der Waals surface area contributed by atoms with Gasteiger partial charge in [0.25, 0.3) is 5.91 Å². The first kappa shape index (κ1) is 12.8. The third-order valence-corrected chi connectivity index (χ3v) is 3.45. The summed E-state index contributed by atoms with van der Waals surface area (Å²) in [5.41, 5.74) is 1.56. The second-order valence-corrected chi connectivity index (χ2v) is 5.02. The Morgan fingerprint density at radius 3 is 3.10 bits per heavy atom. The van der Waals surface area contributed by atoms with E-state index >= 15 is 0 Å². The summed E-state index contributed by atoms with van der Waals surface area (Å²) in [7, 11) is 0. The van der Waals surface area contributed by atoms with Crippen LogP contribution >= 0.6 is 0 Å². The Morgan fingerprint density at radius 2 is 2.35 bits per heavy atom. The first-order valence-corrected chi connectivity index (χ1v) is 6.72. The van der Waals surface area contributed by atoms with Gasteiger partial charge < -0.3 is 10.2 Å². The normalized spacial score (nSPS) is 19.1. The maximum absolute atomic E-state index is 12.5. The molecular formula is C14H17N5O. The summed E-state index contributed by atoms with van der Waals surface area (Å²) in [4.78, 5) is 18.5. The number of aromatic nitrogens is 3. The summed E-state index contributed by atoms with van der Waals surface area (Å²) in [6.07, 6.45) is 1.46. The number of carbonyl (C=O) groups excluding carboxylic acids is 1. The molecular weight excluding hydrogens is 254 g/mol. The summed E-state index contributed by atoms with van der Waals surface area (Å²) in [5, 5.41) is 9.98. The van der Waals surface area contributed by atoms with Crippen LogP contribution in [0.3, 0.4) is 0 Å². The molecule has 0 radical (unpaired) electrons. The summed E-state index contributed by atoms with van der Waals surface area (Å²) in [6, 6.07) is 7.82. The fourth-order valence-corrected chi connectivity index (χ4v) is 2.44. The van der Waals surface area contributed by atoms with Crippen LogP contribution in [-0.4, -0.2) is 51.7 Å². The number of benzene rings is 1. The van der Waals surface area contributed by atoms with Crippen LogP contribution < -0.4 is 5.32 Å². The number of rotatable bonds is 2. The van der Waals surface area contributed by atoms with Gasteiger partial charge in [-0.15, -0.1) is 0 Å². The molecule has 0 bridgehead atoms. The Balaban J connectivity index is 1.83. The largest absolute Gasteiger partial charge is 0.336 e. The predicted octanol–water partition coefficient (Wildman–Crippen LogP) is 0.906. The molecule has 1 aliphatic heterocycles. The van der Waals surface area contributed by atoms with Gasteiger partial charge in [-0.2, -0.15) is 5.10 Å². The maximum Gasteiger partial charge on any atom is 0.253 e. The van der Waals surface area contributed by atoms with Crippen LogP contribution in [0.5, 0.6) is 0 Å². The van der Waals surface area contributed by atoms with E-state index in [0.717, 1.165) is 25.2 Å². The molecule has 1 aromatic heterocycles. The second-order valence-electron chi connectivity index (χ2n) is 5.02. The SMILES string of the molecule is C[C@@H]1CN(C(=O)c2cccc(-c3ncn[nH]3)c2)CCN1. The lowest BCUT2D eigenvalue weighted by Crippen LogP contribution is -2.51. The molecule has 104 valence electrons. The molecule has 3 rings (SSSR count). The molecule has 1 fully saturated rings. The molecule has 2 aromatic rings. The van der Waals surface area contributed by atoms with Gasteiger partial charge in [-0.05, 0) is 19.1 Å². The maximum atomic E-state index is 12.5. The molecule has 1 aliphatic rings. The number of hydrogen-bond donors (Lipinski definition) is 2. The van der Waals surface area contributed by atoms with Crippen molar-refractivity contribution in [2.24, 2.45) is 0 Å². The molecule has 6 nitrogen and oxygen atoms in total. The van der Waals surface area contributed by atoms with E-state index in [4.69, 9.17) is 0 Å². The molecule has 0 aliphatic carbocycles. The lowest BCUT2D eigenvalue weighted by atomic mass is 10.1. The molecule has 0 spiro atoms. The van der Waals surface area contributed by atoms with Crippen LogP contribution in [0.1, 0.15) is 17.3 Å². The highest BCUT2D eigenvalue weighted by Crippen LogP contribution is 2.17. The fourth-order valence-electron chi connectivity index (χ4n) is 2.44. The Kier molecular flexibility index (Phi) is 3.47. The van der Waals surface area contributed by atoms with Crippen LogP contribution in [-0.2, 0) is 0 Å². The van der Waals surface area contributed by atoms with Crippen molar-refractivity contribution in [2.75, 3.05) is 19.6 Å². The van der Waals surface area contributed by atoms with E-state index in [2.05, 4.69) is 27.4 Å². The summed E-state index contributed by atoms with van der Waals surface area (Å²) in [6.45, 7) is 4.42. The average Bonchev–Trinajstić information content (AvgIpc) is 3.01. The van der Waals surface area contributed by atoms with Crippen molar-refractivity contribution in [2.45, 2.75) is 13.0 Å². The topological polar surface area (TPSA) is 73.9 Å². The van der Waals surface area contributed by atoms with E-state index in [0.29, 0.717) is 17.4 Å². The molecule has 6 heteroatoms. The van der Waals surface area contributed by atoms with Crippen LogP contribution in [0.2, 0.25) is 0 Å². The van der Waals surface area contributed by atoms with Gasteiger partial charge in [0.05, 0.1) is 0 Å². The van der Waals surface area contributed by atoms with Gasteiger partial charge in [-0.1, -0.05) is 12.1 Å². The van der Waals surface area contributed by atoms with Gasteiger partial charge in [0.15, 0.2) is 5.82 Å². The number of aromatic amines is 1. The first-order valence-electron chi connectivity index (χ1n) is 6.72. The quantitative estimate of drug-likeness (QED) is 0.851. The monoisotopic (exact) mass is 271 g/mol. The lowest BCUT2D eigenvalue weighted by molar-refractivity contribution is 0.0709. The third-order valence-electron chi connectivity index (χ3n) is 3.45. The molecule has 1 aromatic carbocycles. The molecule has 0 saturated carbocycles. The zero-order valence-electron chi connectivity index (χ0n) is 11.3. The highest BCUT2D eigenvalue weighted by Gasteiger charge is 2.21. The zero-order valence-corrected chi connectivity index (χ0v) is 11.3. The lowest BCUT2D eigenvalue weighted by Gasteiger charge is -2.32. The summed E-state index contributed by atoms with van der Waals surface area (Å²) in [5.74, 6) is 0.744. The van der Waals surface area contributed by atoms with Gasteiger partial charge in [0.2, 0.25) is 0 Å². The van der Waals surface area contributed by atoms with E-state index in [9.17, 15) is 4.79 Å². The Labute approximate surface area is 117 Å². The van der Waals surface area contributed by atoms with Crippen molar-refractivity contribution in [3.8, 4) is 11.4 Å². The predicted molar refractivity (Wildman–Crippen MR) is 75.2 cm³/mol. The summed E-state index contributed by atoms with van der Waals surface area (Å²) >= 11 is 0. The molecule has 0 unspecified atom stereocenters. The third kappa shape index (κ3) is 2.55. The number of nitrogens with one attached hydrogen (secondary N) is 2. The highest BCUT2D eigenvalue weighted by molar-refractivity contribution is 5.95. The number of H-pyrrole nitrogens is 1. The van der Waals surface area contributed by atoms with Crippen LogP contribution in [0.4, 0.5) is 0 Å². The van der Waals surface area contributed by atoms with Crippen LogP contribution in [0.15, 0.2) is 30.6 Å². The Bertz CT molecular complexity index is 595. The van der Waals surface area contributed by atoms with E-state index < -0.39 is 0 Å². The van der Waals surface area contributed by atoms with Gasteiger partial charge in [-0.3, -0.25) is 9.89 Å². The smallest absolute Gasteiger partial charge is 0.253 e. The molecule has 2 heterocycles. The standard InChI is InChI=1S/C14H17N5O/c1-10-8-19(6-5-15-10)14(20)12-4-2-3-11(7-12)13-16-9-17-18-13/h2-4,7,9-10,15H,5-6,8H2,1H3,(H,16,17,18)/t10-/m1/s1. The van der Waals surface area contributed by atoms with Gasteiger partial charge in [0.1, 0.15) is 6.33 Å². The molecule has 1 amide bonds. The Hall–Kier alpha value is -2.21. The number of nitrogens with zero attached hydrogens (tertiary/aromatic N) is 3. The average molecular weight is 271 g/mol. The number of hydrogen-bond acceptors (Lipinski definition) is 4. The van der Waals surface area contributed by atoms with E-state index in [1.165, 1.54) is 6.33 Å². The minimum Gasteiger partial charge on any atom is -0.336 e. The van der Waals surface area contributed by atoms with Crippen molar-refractivity contribution in [3.63, 3.8) is 0 Å². The number of piperazine rings is 1. The number of carbonyl (C=O) groups is 1. The van der Waals surface area contributed by atoms with Crippen molar-refractivity contribution < 1.29 is 4.79 Å². The van der Waals surface area contributed by atoms with E-state index in [-0.39, 0.29) is 5.91 Å². The van der Waals surface area contributed by atoms with Gasteiger partial charge in [-0.25, -0.2) is 4.98 Å². The van der Waals surface area contributed by atoms with Gasteiger partial charge >= 0.3 is 0 Å². The summed E-state index contributed by atoms with van der Waals surface area (Å²) < 4.78 is 0. The van der Waals surface area contributed by atoms with E-state index in [1.807, 2.05) is 29.2 Å². The van der Waals surface area contributed by atoms with E-state index in [1.54, 1.807) is 0 Å². The van der Waals surface area contributed by atoms with Crippen molar-refractivity contribution >= 4 is 5.91 Å². The minimum atomic E-state index is 0.0692. The number of amides is 1. The van der Waals surface area contributed by atoms with Crippen molar-refractivity contribution in [1.29, 1.82) is 0 Å². The van der Waals surface area contributed by atoms with Crippen LogP contribution in [0, 0.1) is 0 Å². The highest BCUT2D eigenvalue weighted by atomic mass is 16.2. The Morgan fingerprint density at radius 1 is 1.45 bits per heavy atom. The molecule has 1 saturated heterocycles. The molecule has 2 N–H and O–H groups in total. The second kappa shape index (κ2) is 5.42. The molecule has 20 heavy (non-hydrogen) atoms. The first-order chi connectivity index (χ1) is 9.74. The fraction of sp³-hybridized carbons (Fsp3) is 0.357. The minimum absolute atomic E-state index is 0.0692. The van der Waals surface area contributed by atoms with Gasteiger partial charge in [0, 0.05) is 36.8 Å². The molecule has 1 atom stereocenters.